The van der Waals surface area contributed by atoms with Gasteiger partial charge in [-0.05, 0) is 87.8 Å². The van der Waals surface area contributed by atoms with Crippen molar-refractivity contribution in [3.8, 4) is 0 Å². The van der Waals surface area contributed by atoms with Crippen LogP contribution in [0.4, 0.5) is 60.0 Å². The highest BCUT2D eigenvalue weighted by molar-refractivity contribution is 6.32. The van der Waals surface area contributed by atoms with E-state index in [1.54, 1.807) is 17.3 Å². The standard InChI is InChI=1S/C29H34ClN7O3.2C2HF3O2/c1-29(2,3)40-28(39)37-10-8-18(9-11-37)13-25(38)35-24-7-6-21-14-20(24)5-4-19-12-22(16-31-15-19)34-27-32-17-23(30)26(33-21)36-27;2*3-2(4,5)1(6)7/h6-7,12,14-18H,4-5,8-11,13H2,1-3H3,(H,35,38)(H2,32,33,34,36);2*(H,6,7). The molecule has 2 amide bonds. The van der Waals surface area contributed by atoms with Crippen molar-refractivity contribution in [2.45, 2.75) is 70.8 Å². The molecule has 4 heterocycles. The Labute approximate surface area is 309 Å². The maximum absolute atomic E-state index is 13.1. The fourth-order valence-electron chi connectivity index (χ4n) is 4.86. The number of anilines is 5. The first-order valence-electron chi connectivity index (χ1n) is 16.0. The number of nitrogens with one attached hydrogen (secondary N) is 3. The number of rotatable bonds is 3. The van der Waals surface area contributed by atoms with Gasteiger partial charge in [0.1, 0.15) is 10.6 Å². The van der Waals surface area contributed by atoms with Crippen molar-refractivity contribution < 1.29 is 60.5 Å². The number of ether oxygens (including phenoxy) is 1. The van der Waals surface area contributed by atoms with E-state index in [0.717, 1.165) is 47.5 Å². The number of halogens is 7. The van der Waals surface area contributed by atoms with Gasteiger partial charge >= 0.3 is 30.4 Å². The highest BCUT2D eigenvalue weighted by Gasteiger charge is 2.39. The van der Waals surface area contributed by atoms with Gasteiger partial charge in [0, 0.05) is 37.1 Å². The molecule has 21 heteroatoms. The number of amides is 2. The number of fused-ring (bicyclic) bond motifs is 6. The van der Waals surface area contributed by atoms with E-state index < -0.39 is 29.9 Å². The molecule has 0 radical (unpaired) electrons. The molecule has 5 rings (SSSR count). The monoisotopic (exact) mass is 791 g/mol. The predicted molar refractivity (Wildman–Crippen MR) is 183 cm³/mol. The summed E-state index contributed by atoms with van der Waals surface area (Å²) < 4.78 is 69.0. The van der Waals surface area contributed by atoms with Crippen LogP contribution in [0.25, 0.3) is 0 Å². The molecule has 2 aliphatic rings. The molecule has 14 nitrogen and oxygen atoms in total. The molecule has 294 valence electrons. The lowest BCUT2D eigenvalue weighted by Crippen LogP contribution is -2.42. The number of pyridine rings is 1. The Morgan fingerprint density at radius 3 is 2.09 bits per heavy atom. The number of hydrogen-bond acceptors (Lipinski definition) is 10. The lowest BCUT2D eigenvalue weighted by atomic mass is 9.93. The summed E-state index contributed by atoms with van der Waals surface area (Å²) in [6, 6.07) is 7.83. The zero-order valence-corrected chi connectivity index (χ0v) is 29.7. The van der Waals surface area contributed by atoms with E-state index in [4.69, 9.17) is 36.1 Å². The van der Waals surface area contributed by atoms with Crippen molar-refractivity contribution in [2.24, 2.45) is 5.92 Å². The number of piperidine rings is 1. The molecule has 0 aliphatic carbocycles. The van der Waals surface area contributed by atoms with E-state index >= 15 is 0 Å². The van der Waals surface area contributed by atoms with E-state index in [1.165, 1.54) is 0 Å². The Morgan fingerprint density at radius 1 is 0.907 bits per heavy atom. The second-order valence-corrected chi connectivity index (χ2v) is 13.3. The molecular weight excluding hydrogens is 756 g/mol. The Hall–Kier alpha value is -5.40. The zero-order chi connectivity index (χ0) is 40.4. The van der Waals surface area contributed by atoms with Gasteiger partial charge < -0.3 is 35.8 Å². The summed E-state index contributed by atoms with van der Waals surface area (Å²) in [5.74, 6) is -4.46. The normalized spacial score (nSPS) is 14.4. The molecule has 1 saturated heterocycles. The first-order chi connectivity index (χ1) is 25.0. The van der Waals surface area contributed by atoms with Gasteiger partial charge in [-0.2, -0.15) is 31.3 Å². The first kappa shape index (κ1) is 43.0. The summed E-state index contributed by atoms with van der Waals surface area (Å²) in [7, 11) is 0. The van der Waals surface area contributed by atoms with E-state index in [1.807, 2.05) is 51.2 Å². The van der Waals surface area contributed by atoms with Crippen LogP contribution in [-0.2, 0) is 32.0 Å². The molecule has 0 atom stereocenters. The molecule has 3 aromatic rings. The number of nitrogens with zero attached hydrogens (tertiary/aromatic N) is 4. The maximum Gasteiger partial charge on any atom is 0.490 e. The SMILES string of the molecule is CC(C)(C)OC(=O)N1CCC(CC(=O)Nc2ccc3cc2CCc2cncc(c2)Nc2ncc(Cl)c(n2)N3)CC1.O=C(O)C(F)(F)F.O=C(O)C(F)(F)F. The van der Waals surface area contributed by atoms with Crippen molar-refractivity contribution in [3.05, 3.63) is 59.0 Å². The van der Waals surface area contributed by atoms with E-state index in [-0.39, 0.29) is 17.9 Å². The van der Waals surface area contributed by atoms with E-state index in [9.17, 15) is 35.9 Å². The second kappa shape index (κ2) is 18.1. The number of benzene rings is 1. The lowest BCUT2D eigenvalue weighted by Gasteiger charge is -2.33. The van der Waals surface area contributed by atoms with E-state index in [2.05, 4.69) is 30.9 Å². The third-order valence-corrected chi connectivity index (χ3v) is 7.62. The van der Waals surface area contributed by atoms with Crippen LogP contribution in [0.15, 0.2) is 42.9 Å². The van der Waals surface area contributed by atoms with E-state index in [0.29, 0.717) is 42.7 Å². The number of aliphatic carboxylic acids is 2. The summed E-state index contributed by atoms with van der Waals surface area (Å²) in [6.45, 7) is 6.77. The number of alkyl halides is 6. The molecule has 1 aromatic carbocycles. The van der Waals surface area contributed by atoms with Crippen LogP contribution in [0.2, 0.25) is 5.02 Å². The Morgan fingerprint density at radius 2 is 1.52 bits per heavy atom. The highest BCUT2D eigenvalue weighted by Crippen LogP contribution is 2.30. The molecule has 0 unspecified atom stereocenters. The van der Waals surface area contributed by atoms with Gasteiger partial charge in [-0.1, -0.05) is 11.6 Å². The average molecular weight is 792 g/mol. The number of aromatic nitrogens is 3. The molecule has 0 spiro atoms. The smallest absolute Gasteiger partial charge is 0.475 e. The van der Waals surface area contributed by atoms with Gasteiger partial charge in [0.05, 0.1) is 18.1 Å². The molecule has 1 fully saturated rings. The number of carboxylic acids is 2. The Bertz CT molecular complexity index is 1790. The van der Waals surface area contributed by atoms with Crippen molar-refractivity contribution in [2.75, 3.05) is 29.0 Å². The van der Waals surface area contributed by atoms with Crippen molar-refractivity contribution in [3.63, 3.8) is 0 Å². The number of carboxylic acid groups (broad SMARTS) is 2. The predicted octanol–water partition coefficient (Wildman–Crippen LogP) is 7.35. The summed E-state index contributed by atoms with van der Waals surface area (Å²) in [6.07, 6.45) is -2.00. The molecular formula is C33H36ClF6N7O7. The molecule has 2 aromatic heterocycles. The first-order valence-corrected chi connectivity index (χ1v) is 16.4. The molecule has 6 bridgehead atoms. The molecule has 5 N–H and O–H groups in total. The number of carbonyl (C=O) groups excluding carboxylic acids is 2. The van der Waals surface area contributed by atoms with Crippen LogP contribution in [0.3, 0.4) is 0 Å². The maximum atomic E-state index is 13.1. The third kappa shape index (κ3) is 14.2. The van der Waals surface area contributed by atoms with Crippen molar-refractivity contribution in [1.82, 2.24) is 19.9 Å². The highest BCUT2D eigenvalue weighted by atomic mass is 35.5. The van der Waals surface area contributed by atoms with Crippen LogP contribution in [-0.4, -0.2) is 85.0 Å². The van der Waals surface area contributed by atoms with Gasteiger partial charge in [0.15, 0.2) is 5.82 Å². The summed E-state index contributed by atoms with van der Waals surface area (Å²) in [4.78, 5) is 58.1. The number of carbonyl (C=O) groups is 4. The minimum absolute atomic E-state index is 0.0352. The second-order valence-electron chi connectivity index (χ2n) is 12.9. The van der Waals surface area contributed by atoms with Gasteiger partial charge in [-0.3, -0.25) is 9.78 Å². The quantitative estimate of drug-likeness (QED) is 0.166. The zero-order valence-electron chi connectivity index (χ0n) is 28.9. The van der Waals surface area contributed by atoms with Crippen LogP contribution in [0.1, 0.15) is 51.2 Å². The van der Waals surface area contributed by atoms with Crippen LogP contribution < -0.4 is 16.0 Å². The van der Waals surface area contributed by atoms with Crippen molar-refractivity contribution >= 4 is 64.4 Å². The largest absolute Gasteiger partial charge is 0.490 e. The number of aryl methyl sites for hydroxylation is 2. The number of likely N-dealkylation sites (tertiary alicyclic amines) is 1. The van der Waals surface area contributed by atoms with Gasteiger partial charge in [0.25, 0.3) is 0 Å². The van der Waals surface area contributed by atoms with Crippen LogP contribution in [0, 0.1) is 5.92 Å². The summed E-state index contributed by atoms with van der Waals surface area (Å²) in [5.41, 5.74) is 3.87. The minimum Gasteiger partial charge on any atom is -0.475 e. The molecule has 0 saturated carbocycles. The summed E-state index contributed by atoms with van der Waals surface area (Å²) >= 11 is 6.37. The van der Waals surface area contributed by atoms with Gasteiger partial charge in [-0.25, -0.2) is 19.4 Å². The summed E-state index contributed by atoms with van der Waals surface area (Å²) in [5, 5.41) is 24.2. The van der Waals surface area contributed by atoms with Gasteiger partial charge in [-0.15, -0.1) is 0 Å². The number of hydrogen-bond donors (Lipinski definition) is 5. The Balaban J connectivity index is 0.000000476. The lowest BCUT2D eigenvalue weighted by molar-refractivity contribution is -0.193. The fraction of sp³-hybridized carbons (Fsp3) is 0.424. The topological polar surface area (TPSA) is 196 Å². The Kier molecular flexibility index (Phi) is 14.4. The third-order valence-electron chi connectivity index (χ3n) is 7.35. The molecule has 54 heavy (non-hydrogen) atoms. The van der Waals surface area contributed by atoms with Gasteiger partial charge in [0.2, 0.25) is 11.9 Å². The average Bonchev–Trinajstić information content (AvgIpc) is 3.06. The molecule has 2 aliphatic heterocycles. The fourth-order valence-corrected chi connectivity index (χ4v) is 5.00. The minimum atomic E-state index is -5.08. The van der Waals surface area contributed by atoms with Crippen LogP contribution in [0.5, 0.6) is 0 Å². The van der Waals surface area contributed by atoms with Crippen molar-refractivity contribution in [1.29, 1.82) is 0 Å². The van der Waals surface area contributed by atoms with Crippen LogP contribution >= 0.6 is 11.6 Å².